The van der Waals surface area contributed by atoms with Crippen LogP contribution < -0.4 is 10.6 Å². The predicted molar refractivity (Wildman–Crippen MR) is 91.8 cm³/mol. The van der Waals surface area contributed by atoms with Crippen LogP contribution in [0.25, 0.3) is 0 Å². The molecule has 0 saturated carbocycles. The van der Waals surface area contributed by atoms with E-state index in [0.29, 0.717) is 38.2 Å². The molecular formula is C19H25F3N2O2. The number of halogens is 3. The third kappa shape index (κ3) is 4.38. The summed E-state index contributed by atoms with van der Waals surface area (Å²) in [6, 6.07) is 5.49. The van der Waals surface area contributed by atoms with E-state index in [1.54, 1.807) is 6.07 Å². The molecule has 0 aliphatic carbocycles. The molecule has 0 radical (unpaired) electrons. The molecule has 2 fully saturated rings. The molecule has 2 aliphatic rings. The van der Waals surface area contributed by atoms with Gasteiger partial charge in [0.25, 0.3) is 0 Å². The Morgan fingerprint density at radius 2 is 1.92 bits per heavy atom. The van der Waals surface area contributed by atoms with Crippen LogP contribution in [0.3, 0.4) is 0 Å². The second kappa shape index (κ2) is 7.96. The van der Waals surface area contributed by atoms with Gasteiger partial charge in [-0.15, -0.1) is 0 Å². The van der Waals surface area contributed by atoms with Gasteiger partial charge in [0.2, 0.25) is 5.91 Å². The van der Waals surface area contributed by atoms with Crippen LogP contribution in [0.1, 0.15) is 36.8 Å². The van der Waals surface area contributed by atoms with E-state index in [1.807, 2.05) is 0 Å². The Labute approximate surface area is 151 Å². The van der Waals surface area contributed by atoms with Crippen LogP contribution >= 0.6 is 0 Å². The number of benzene rings is 1. The van der Waals surface area contributed by atoms with Crippen molar-refractivity contribution in [2.24, 2.45) is 5.92 Å². The summed E-state index contributed by atoms with van der Waals surface area (Å²) in [4.78, 5) is 12.5. The van der Waals surface area contributed by atoms with Crippen molar-refractivity contribution in [2.45, 2.75) is 37.3 Å². The fourth-order valence-corrected chi connectivity index (χ4v) is 3.84. The highest BCUT2D eigenvalue weighted by atomic mass is 19.4. The van der Waals surface area contributed by atoms with Crippen LogP contribution in [0.15, 0.2) is 24.3 Å². The summed E-state index contributed by atoms with van der Waals surface area (Å²) in [5, 5.41) is 6.24. The average molecular weight is 370 g/mol. The first-order valence-electron chi connectivity index (χ1n) is 9.15. The minimum Gasteiger partial charge on any atom is -0.381 e. The van der Waals surface area contributed by atoms with Gasteiger partial charge in [-0.05, 0) is 50.4 Å². The first-order valence-corrected chi connectivity index (χ1v) is 9.15. The smallest absolute Gasteiger partial charge is 0.381 e. The number of carbonyl (C=O) groups excluding carboxylic acids is 1. The zero-order valence-electron chi connectivity index (χ0n) is 14.7. The van der Waals surface area contributed by atoms with Gasteiger partial charge in [0.05, 0.1) is 5.56 Å². The molecule has 144 valence electrons. The summed E-state index contributed by atoms with van der Waals surface area (Å²) in [5.74, 6) is -0.0148. The summed E-state index contributed by atoms with van der Waals surface area (Å²) in [6.45, 7) is 2.97. The highest BCUT2D eigenvalue weighted by Crippen LogP contribution is 2.38. The van der Waals surface area contributed by atoms with Gasteiger partial charge in [-0.25, -0.2) is 0 Å². The summed E-state index contributed by atoms with van der Waals surface area (Å²) >= 11 is 0. The van der Waals surface area contributed by atoms with E-state index in [4.69, 9.17) is 4.74 Å². The molecule has 4 nitrogen and oxygen atoms in total. The molecule has 0 unspecified atom stereocenters. The van der Waals surface area contributed by atoms with Gasteiger partial charge in [-0.2, -0.15) is 13.2 Å². The second-order valence-electron chi connectivity index (χ2n) is 7.21. The molecule has 1 amide bonds. The molecule has 2 saturated heterocycles. The third-order valence-electron chi connectivity index (χ3n) is 5.56. The number of alkyl halides is 3. The van der Waals surface area contributed by atoms with Crippen molar-refractivity contribution in [3.05, 3.63) is 35.4 Å². The first-order chi connectivity index (χ1) is 12.4. The van der Waals surface area contributed by atoms with Crippen LogP contribution in [-0.4, -0.2) is 38.8 Å². The zero-order chi connectivity index (χ0) is 18.6. The molecule has 2 N–H and O–H groups in total. The van der Waals surface area contributed by atoms with Crippen molar-refractivity contribution >= 4 is 5.91 Å². The first kappa shape index (κ1) is 19.2. The molecular weight excluding hydrogens is 345 g/mol. The SMILES string of the molecule is O=C(NCC1(c2cccc(C(F)(F)F)c2)CCOCC1)C1CCNCC1. The van der Waals surface area contributed by atoms with E-state index in [-0.39, 0.29) is 11.8 Å². The predicted octanol–water partition coefficient (Wildman–Crippen LogP) is 2.87. The maximum absolute atomic E-state index is 13.1. The molecule has 0 bridgehead atoms. The van der Waals surface area contributed by atoms with Crippen molar-refractivity contribution in [1.82, 2.24) is 10.6 Å². The lowest BCUT2D eigenvalue weighted by Gasteiger charge is -2.38. The topological polar surface area (TPSA) is 50.4 Å². The second-order valence-corrected chi connectivity index (χ2v) is 7.21. The summed E-state index contributed by atoms with van der Waals surface area (Å²) in [5.41, 5.74) is -0.533. The van der Waals surface area contributed by atoms with E-state index >= 15 is 0 Å². The molecule has 0 aromatic heterocycles. The van der Waals surface area contributed by atoms with Crippen molar-refractivity contribution in [2.75, 3.05) is 32.8 Å². The minimum absolute atomic E-state index is 0.00402. The molecule has 1 aromatic rings. The van der Waals surface area contributed by atoms with Crippen LogP contribution in [0.2, 0.25) is 0 Å². The number of ether oxygens (including phenoxy) is 1. The van der Waals surface area contributed by atoms with E-state index in [0.717, 1.165) is 32.0 Å². The Morgan fingerprint density at radius 1 is 1.23 bits per heavy atom. The number of hydrogen-bond donors (Lipinski definition) is 2. The molecule has 2 heterocycles. The Balaban J connectivity index is 1.77. The van der Waals surface area contributed by atoms with Crippen LogP contribution in [0.5, 0.6) is 0 Å². The van der Waals surface area contributed by atoms with Gasteiger partial charge >= 0.3 is 6.18 Å². The zero-order valence-corrected chi connectivity index (χ0v) is 14.7. The average Bonchev–Trinajstić information content (AvgIpc) is 2.67. The molecule has 1 aromatic carbocycles. The highest BCUT2D eigenvalue weighted by molar-refractivity contribution is 5.78. The number of hydrogen-bond acceptors (Lipinski definition) is 3. The summed E-state index contributed by atoms with van der Waals surface area (Å²) < 4.78 is 44.8. The van der Waals surface area contributed by atoms with Gasteiger partial charge in [0.1, 0.15) is 0 Å². The van der Waals surface area contributed by atoms with E-state index in [2.05, 4.69) is 10.6 Å². The quantitative estimate of drug-likeness (QED) is 0.857. The minimum atomic E-state index is -4.37. The van der Waals surface area contributed by atoms with Crippen LogP contribution in [-0.2, 0) is 21.1 Å². The lowest BCUT2D eigenvalue weighted by Crippen LogP contribution is -2.47. The van der Waals surface area contributed by atoms with Gasteiger partial charge in [0.15, 0.2) is 0 Å². The Kier molecular flexibility index (Phi) is 5.87. The molecule has 0 spiro atoms. The maximum atomic E-state index is 13.1. The number of amides is 1. The molecule has 2 aliphatic heterocycles. The number of nitrogens with one attached hydrogen (secondary N) is 2. The number of carbonyl (C=O) groups is 1. The van der Waals surface area contributed by atoms with Crippen molar-refractivity contribution in [3.63, 3.8) is 0 Å². The van der Waals surface area contributed by atoms with Gasteiger partial charge in [-0.3, -0.25) is 4.79 Å². The number of piperidine rings is 1. The summed E-state index contributed by atoms with van der Waals surface area (Å²) in [6.07, 6.45) is -1.58. The Bertz CT molecular complexity index is 621. The molecule has 3 rings (SSSR count). The third-order valence-corrected chi connectivity index (χ3v) is 5.56. The van der Waals surface area contributed by atoms with Crippen LogP contribution in [0.4, 0.5) is 13.2 Å². The van der Waals surface area contributed by atoms with E-state index < -0.39 is 17.2 Å². The Hall–Kier alpha value is -1.60. The fourth-order valence-electron chi connectivity index (χ4n) is 3.84. The largest absolute Gasteiger partial charge is 0.416 e. The Morgan fingerprint density at radius 3 is 2.58 bits per heavy atom. The van der Waals surface area contributed by atoms with Gasteiger partial charge < -0.3 is 15.4 Å². The monoisotopic (exact) mass is 370 g/mol. The molecule has 0 atom stereocenters. The lowest BCUT2D eigenvalue weighted by molar-refractivity contribution is -0.137. The van der Waals surface area contributed by atoms with E-state index in [1.165, 1.54) is 12.1 Å². The number of rotatable bonds is 4. The van der Waals surface area contributed by atoms with Crippen molar-refractivity contribution in [1.29, 1.82) is 0 Å². The van der Waals surface area contributed by atoms with E-state index in [9.17, 15) is 18.0 Å². The molecule has 7 heteroatoms. The van der Waals surface area contributed by atoms with Gasteiger partial charge in [0, 0.05) is 31.1 Å². The highest BCUT2D eigenvalue weighted by Gasteiger charge is 2.38. The normalized spacial score (nSPS) is 21.3. The molecule has 26 heavy (non-hydrogen) atoms. The summed E-state index contributed by atoms with van der Waals surface area (Å²) in [7, 11) is 0. The standard InChI is InChI=1S/C19H25F3N2O2/c20-19(21,22)16-3-1-2-15(12-16)18(6-10-26-11-7-18)13-24-17(25)14-4-8-23-9-5-14/h1-3,12,14,23H,4-11,13H2,(H,24,25). The fraction of sp³-hybridized carbons (Fsp3) is 0.632. The maximum Gasteiger partial charge on any atom is 0.416 e. The lowest BCUT2D eigenvalue weighted by atomic mass is 9.73. The van der Waals surface area contributed by atoms with Gasteiger partial charge in [-0.1, -0.05) is 18.2 Å². The van der Waals surface area contributed by atoms with Crippen molar-refractivity contribution < 1.29 is 22.7 Å². The van der Waals surface area contributed by atoms with Crippen LogP contribution in [0, 0.1) is 5.92 Å². The van der Waals surface area contributed by atoms with Crippen molar-refractivity contribution in [3.8, 4) is 0 Å².